The molecule has 0 aliphatic carbocycles. The smallest absolute Gasteiger partial charge is 0.243 e. The average Bonchev–Trinajstić information content (AvgIpc) is 3.40. The number of rotatable bonds is 7. The Morgan fingerprint density at radius 1 is 1.03 bits per heavy atom. The molecule has 9 nitrogen and oxygen atoms in total. The Bertz CT molecular complexity index is 1070. The summed E-state index contributed by atoms with van der Waals surface area (Å²) in [4.78, 5) is 17.4. The maximum Gasteiger partial charge on any atom is 0.243 e. The number of hydrogen-bond acceptors (Lipinski definition) is 6. The fourth-order valence-corrected chi connectivity index (χ4v) is 2.80. The van der Waals surface area contributed by atoms with Crippen molar-refractivity contribution in [3.8, 4) is 11.4 Å². The normalized spacial score (nSPS) is 10.8. The van der Waals surface area contributed by atoms with Gasteiger partial charge in [-0.3, -0.25) is 4.79 Å². The van der Waals surface area contributed by atoms with Gasteiger partial charge in [-0.2, -0.15) is 9.90 Å². The fourth-order valence-electron chi connectivity index (χ4n) is 2.67. The van der Waals surface area contributed by atoms with Gasteiger partial charge in [-0.1, -0.05) is 35.9 Å². The maximum absolute atomic E-state index is 12.2. The molecular weight excluding hydrogens is 392 g/mol. The van der Waals surface area contributed by atoms with Gasteiger partial charge in [0.05, 0.1) is 6.54 Å². The Hall–Kier alpha value is -3.59. The number of benzene rings is 2. The number of amides is 1. The predicted molar refractivity (Wildman–Crippen MR) is 106 cm³/mol. The van der Waals surface area contributed by atoms with Gasteiger partial charge in [0, 0.05) is 17.1 Å². The third kappa shape index (κ3) is 5.02. The van der Waals surface area contributed by atoms with E-state index in [1.54, 1.807) is 35.3 Å². The summed E-state index contributed by atoms with van der Waals surface area (Å²) in [5.41, 5.74) is 2.88. The van der Waals surface area contributed by atoms with E-state index in [0.29, 0.717) is 23.9 Å². The Morgan fingerprint density at radius 2 is 1.79 bits per heavy atom. The van der Waals surface area contributed by atoms with Gasteiger partial charge in [-0.05, 0) is 40.6 Å². The molecule has 29 heavy (non-hydrogen) atoms. The van der Waals surface area contributed by atoms with Gasteiger partial charge < -0.3 is 5.32 Å². The highest BCUT2D eigenvalue weighted by atomic mass is 35.5. The van der Waals surface area contributed by atoms with E-state index in [9.17, 15) is 4.79 Å². The zero-order valence-corrected chi connectivity index (χ0v) is 16.1. The average molecular weight is 409 g/mol. The third-order valence-corrected chi connectivity index (χ3v) is 4.42. The highest BCUT2D eigenvalue weighted by molar-refractivity contribution is 6.30. The quantitative estimate of drug-likeness (QED) is 0.501. The molecule has 0 radical (unpaired) electrons. The summed E-state index contributed by atoms with van der Waals surface area (Å²) in [6, 6.07) is 15.1. The van der Waals surface area contributed by atoms with E-state index in [-0.39, 0.29) is 12.5 Å². The summed E-state index contributed by atoms with van der Waals surface area (Å²) < 4.78 is 1.75. The van der Waals surface area contributed by atoms with Crippen LogP contribution in [0.1, 0.15) is 11.1 Å². The van der Waals surface area contributed by atoms with Crippen LogP contribution in [0.3, 0.4) is 0 Å². The number of halogens is 1. The predicted octanol–water partition coefficient (Wildman–Crippen LogP) is 1.95. The zero-order valence-electron chi connectivity index (χ0n) is 15.3. The standard InChI is InChI=1S/C19H17ClN8O/c20-17-7-5-16(6-8-17)19-24-26-28(25-19)11-18(29)22-9-14-1-3-15(4-2-14)10-27-13-21-12-23-27/h1-8,12-13H,9-11H2,(H,22,29). The number of nitrogens with one attached hydrogen (secondary N) is 1. The second-order valence-electron chi connectivity index (χ2n) is 6.34. The third-order valence-electron chi connectivity index (χ3n) is 4.16. The summed E-state index contributed by atoms with van der Waals surface area (Å²) in [5.74, 6) is 0.245. The molecule has 0 atom stereocenters. The summed E-state index contributed by atoms with van der Waals surface area (Å²) in [5, 5.41) is 19.7. The molecular formula is C19H17ClN8O. The molecule has 146 valence electrons. The first-order valence-corrected chi connectivity index (χ1v) is 9.24. The van der Waals surface area contributed by atoms with Crippen LogP contribution in [0.2, 0.25) is 5.02 Å². The van der Waals surface area contributed by atoms with Crippen LogP contribution < -0.4 is 5.32 Å². The molecule has 4 aromatic rings. The number of carbonyl (C=O) groups excluding carboxylic acids is 1. The number of hydrogen-bond donors (Lipinski definition) is 1. The molecule has 2 aromatic carbocycles. The van der Waals surface area contributed by atoms with Crippen LogP contribution >= 0.6 is 11.6 Å². The van der Waals surface area contributed by atoms with Crippen molar-refractivity contribution in [3.63, 3.8) is 0 Å². The lowest BCUT2D eigenvalue weighted by molar-refractivity contribution is -0.122. The summed E-state index contributed by atoms with van der Waals surface area (Å²) in [6.07, 6.45) is 3.18. The lowest BCUT2D eigenvalue weighted by Crippen LogP contribution is -2.28. The van der Waals surface area contributed by atoms with E-state index in [4.69, 9.17) is 11.6 Å². The van der Waals surface area contributed by atoms with Gasteiger partial charge in [-0.25, -0.2) is 9.67 Å². The van der Waals surface area contributed by atoms with E-state index in [2.05, 4.69) is 30.8 Å². The lowest BCUT2D eigenvalue weighted by Gasteiger charge is -2.06. The first-order valence-electron chi connectivity index (χ1n) is 8.86. The number of nitrogens with zero attached hydrogens (tertiary/aromatic N) is 7. The monoisotopic (exact) mass is 408 g/mol. The Balaban J connectivity index is 1.28. The number of tetrazole rings is 1. The van der Waals surface area contributed by atoms with E-state index < -0.39 is 0 Å². The van der Waals surface area contributed by atoms with Gasteiger partial charge in [0.1, 0.15) is 19.2 Å². The molecule has 0 fully saturated rings. The molecule has 0 aliphatic rings. The highest BCUT2D eigenvalue weighted by Gasteiger charge is 2.09. The van der Waals surface area contributed by atoms with Crippen LogP contribution in [-0.4, -0.2) is 40.9 Å². The molecule has 1 N–H and O–H groups in total. The van der Waals surface area contributed by atoms with Crippen LogP contribution in [0.4, 0.5) is 0 Å². The molecule has 1 amide bonds. The van der Waals surface area contributed by atoms with E-state index in [1.807, 2.05) is 24.3 Å². The van der Waals surface area contributed by atoms with Crippen LogP contribution in [-0.2, 0) is 24.4 Å². The van der Waals surface area contributed by atoms with Crippen LogP contribution in [0, 0.1) is 0 Å². The van der Waals surface area contributed by atoms with Gasteiger partial charge >= 0.3 is 0 Å². The first-order chi connectivity index (χ1) is 14.2. The van der Waals surface area contributed by atoms with Crippen LogP contribution in [0.15, 0.2) is 61.2 Å². The van der Waals surface area contributed by atoms with Gasteiger partial charge in [0.15, 0.2) is 0 Å². The number of aromatic nitrogens is 7. The van der Waals surface area contributed by atoms with E-state index in [1.165, 1.54) is 11.1 Å². The summed E-state index contributed by atoms with van der Waals surface area (Å²) in [6.45, 7) is 1.06. The van der Waals surface area contributed by atoms with E-state index in [0.717, 1.165) is 16.7 Å². The molecule has 0 saturated heterocycles. The number of carbonyl (C=O) groups is 1. The van der Waals surface area contributed by atoms with Crippen molar-refractivity contribution in [1.82, 2.24) is 40.3 Å². The van der Waals surface area contributed by atoms with Crippen molar-refractivity contribution in [1.29, 1.82) is 0 Å². The first kappa shape index (κ1) is 18.8. The van der Waals surface area contributed by atoms with Crippen molar-refractivity contribution in [2.75, 3.05) is 0 Å². The summed E-state index contributed by atoms with van der Waals surface area (Å²) >= 11 is 5.88. The second kappa shape index (κ2) is 8.61. The minimum absolute atomic E-state index is 0.00896. The van der Waals surface area contributed by atoms with Crippen molar-refractivity contribution in [2.24, 2.45) is 0 Å². The lowest BCUT2D eigenvalue weighted by atomic mass is 10.1. The van der Waals surface area contributed by atoms with Crippen molar-refractivity contribution in [2.45, 2.75) is 19.6 Å². The zero-order chi connectivity index (χ0) is 20.1. The molecule has 0 bridgehead atoms. The molecule has 0 saturated carbocycles. The Labute approximate surface area is 171 Å². The van der Waals surface area contributed by atoms with E-state index >= 15 is 0 Å². The van der Waals surface area contributed by atoms with Gasteiger partial charge in [-0.15, -0.1) is 10.2 Å². The molecule has 4 rings (SSSR count). The highest BCUT2D eigenvalue weighted by Crippen LogP contribution is 2.16. The van der Waals surface area contributed by atoms with Crippen molar-refractivity contribution < 1.29 is 4.79 Å². The van der Waals surface area contributed by atoms with Crippen molar-refractivity contribution >= 4 is 17.5 Å². The molecule has 0 spiro atoms. The minimum atomic E-state index is -0.197. The summed E-state index contributed by atoms with van der Waals surface area (Å²) in [7, 11) is 0. The largest absolute Gasteiger partial charge is 0.350 e. The molecule has 0 unspecified atom stereocenters. The van der Waals surface area contributed by atoms with Crippen LogP contribution in [0.5, 0.6) is 0 Å². The molecule has 2 aromatic heterocycles. The second-order valence-corrected chi connectivity index (χ2v) is 6.77. The fraction of sp³-hybridized carbons (Fsp3) is 0.158. The Morgan fingerprint density at radius 3 is 2.52 bits per heavy atom. The maximum atomic E-state index is 12.2. The SMILES string of the molecule is O=C(Cn1nnc(-c2ccc(Cl)cc2)n1)NCc1ccc(Cn2cncn2)cc1. The van der Waals surface area contributed by atoms with Gasteiger partial charge in [0.25, 0.3) is 0 Å². The topological polar surface area (TPSA) is 103 Å². The molecule has 10 heteroatoms. The molecule has 0 aliphatic heterocycles. The minimum Gasteiger partial charge on any atom is -0.350 e. The van der Waals surface area contributed by atoms with Gasteiger partial charge in [0.2, 0.25) is 11.7 Å². The molecule has 2 heterocycles. The van der Waals surface area contributed by atoms with Crippen LogP contribution in [0.25, 0.3) is 11.4 Å². The van der Waals surface area contributed by atoms with Crippen molar-refractivity contribution in [3.05, 3.63) is 77.3 Å². The Kier molecular flexibility index (Phi) is 5.57.